The van der Waals surface area contributed by atoms with E-state index in [2.05, 4.69) is 0 Å². The number of rotatable bonds is 1. The fourth-order valence-corrected chi connectivity index (χ4v) is 0.235. The molecule has 0 heterocycles. The topological polar surface area (TPSA) is 17.1 Å². The Morgan fingerprint density at radius 3 is 2.17 bits per heavy atom. The van der Waals surface area contributed by atoms with Crippen LogP contribution in [0.1, 0.15) is 13.8 Å². The standard InChI is InChI=1S/C5H8O/c1-3-4-5(2)6/h3-4H,1-2H3/b4-3+. The van der Waals surface area contributed by atoms with Crippen molar-refractivity contribution in [3.8, 4) is 0 Å². The lowest BCUT2D eigenvalue weighted by Gasteiger charge is -1.68. The van der Waals surface area contributed by atoms with E-state index < -0.39 is 0 Å². The van der Waals surface area contributed by atoms with E-state index in [-0.39, 0.29) is 5.78 Å². The highest BCUT2D eigenvalue weighted by molar-refractivity contribution is 5.87. The zero-order valence-corrected chi connectivity index (χ0v) is 4.06. The third-order valence-corrected chi connectivity index (χ3v) is 0.401. The molecular formula is C5H8O. The smallest absolute Gasteiger partial charge is 0.152 e. The van der Waals surface area contributed by atoms with Gasteiger partial charge in [0.25, 0.3) is 0 Å². The van der Waals surface area contributed by atoms with Crippen molar-refractivity contribution in [2.75, 3.05) is 0 Å². The summed E-state index contributed by atoms with van der Waals surface area (Å²) in [4.78, 5) is 9.96. The molecule has 0 aromatic rings. The van der Waals surface area contributed by atoms with Gasteiger partial charge in [0, 0.05) is 0 Å². The van der Waals surface area contributed by atoms with Crippen LogP contribution in [-0.2, 0) is 4.79 Å². The van der Waals surface area contributed by atoms with Crippen molar-refractivity contribution in [1.29, 1.82) is 0 Å². The second kappa shape index (κ2) is 2.64. The monoisotopic (exact) mass is 84.1 g/mol. The molecule has 0 N–H and O–H groups in total. The molecule has 0 fully saturated rings. The lowest BCUT2D eigenvalue weighted by molar-refractivity contribution is -0.112. The SMILES string of the molecule is C/C=C/C(C)=O. The Hall–Kier alpha value is -0.590. The fraction of sp³-hybridized carbons (Fsp3) is 0.400. The molecule has 0 aliphatic heterocycles. The first-order valence-electron chi connectivity index (χ1n) is 1.90. The van der Waals surface area contributed by atoms with E-state index in [4.69, 9.17) is 0 Å². The van der Waals surface area contributed by atoms with E-state index >= 15 is 0 Å². The van der Waals surface area contributed by atoms with Gasteiger partial charge in [0.1, 0.15) is 0 Å². The van der Waals surface area contributed by atoms with Crippen LogP contribution in [0.25, 0.3) is 0 Å². The summed E-state index contributed by atoms with van der Waals surface area (Å²) in [5.74, 6) is 0.109. The number of allylic oxidation sites excluding steroid dienone is 2. The summed E-state index contributed by atoms with van der Waals surface area (Å²) in [5, 5.41) is 0. The van der Waals surface area contributed by atoms with E-state index in [9.17, 15) is 4.79 Å². The van der Waals surface area contributed by atoms with Crippen LogP contribution in [0.4, 0.5) is 0 Å². The maximum atomic E-state index is 9.96. The van der Waals surface area contributed by atoms with Crippen LogP contribution in [0, 0.1) is 0 Å². The number of hydrogen-bond acceptors (Lipinski definition) is 1. The molecule has 0 rings (SSSR count). The number of ketones is 1. The first kappa shape index (κ1) is 5.41. The third-order valence-electron chi connectivity index (χ3n) is 0.401. The molecule has 0 aliphatic rings. The minimum Gasteiger partial charge on any atom is -0.295 e. The number of carbonyl (C=O) groups is 1. The summed E-state index contributed by atoms with van der Waals surface area (Å²) < 4.78 is 0. The van der Waals surface area contributed by atoms with Crippen LogP contribution in [0.15, 0.2) is 12.2 Å². The molecule has 0 aromatic heterocycles. The predicted molar refractivity (Wildman–Crippen MR) is 25.5 cm³/mol. The maximum absolute atomic E-state index is 9.96. The van der Waals surface area contributed by atoms with Crippen molar-refractivity contribution >= 4 is 5.78 Å². The van der Waals surface area contributed by atoms with Gasteiger partial charge in [0.2, 0.25) is 0 Å². The third kappa shape index (κ3) is 3.41. The first-order chi connectivity index (χ1) is 2.77. The van der Waals surface area contributed by atoms with Crippen molar-refractivity contribution in [3.05, 3.63) is 12.2 Å². The molecule has 0 atom stereocenters. The molecule has 0 spiro atoms. The average Bonchev–Trinajstić information content (AvgIpc) is 1.35. The molecule has 1 nitrogen and oxygen atoms in total. The highest BCUT2D eigenvalue weighted by Gasteiger charge is 1.73. The molecule has 0 aliphatic carbocycles. The summed E-state index contributed by atoms with van der Waals surface area (Å²) in [5.41, 5.74) is 0. The van der Waals surface area contributed by atoms with Crippen molar-refractivity contribution < 1.29 is 4.79 Å². The summed E-state index contributed by atoms with van der Waals surface area (Å²) in [6.45, 7) is 3.35. The van der Waals surface area contributed by atoms with Crippen molar-refractivity contribution in [2.45, 2.75) is 13.8 Å². The van der Waals surface area contributed by atoms with E-state index in [1.165, 1.54) is 13.0 Å². The molecular weight excluding hydrogens is 76.1 g/mol. The van der Waals surface area contributed by atoms with Crippen LogP contribution >= 0.6 is 0 Å². The van der Waals surface area contributed by atoms with Crippen molar-refractivity contribution in [2.24, 2.45) is 0 Å². The highest BCUT2D eigenvalue weighted by atomic mass is 16.1. The van der Waals surface area contributed by atoms with E-state index in [0.29, 0.717) is 0 Å². The first-order valence-corrected chi connectivity index (χ1v) is 1.90. The van der Waals surface area contributed by atoms with Gasteiger partial charge in [0.05, 0.1) is 0 Å². The second-order valence-corrected chi connectivity index (χ2v) is 1.11. The molecule has 0 unspecified atom stereocenters. The molecule has 6 heavy (non-hydrogen) atoms. The summed E-state index contributed by atoms with van der Waals surface area (Å²) >= 11 is 0. The summed E-state index contributed by atoms with van der Waals surface area (Å²) in [7, 11) is 0. The zero-order valence-electron chi connectivity index (χ0n) is 4.06. The van der Waals surface area contributed by atoms with Gasteiger partial charge in [-0.05, 0) is 19.9 Å². The molecule has 0 amide bonds. The second-order valence-electron chi connectivity index (χ2n) is 1.11. The largest absolute Gasteiger partial charge is 0.295 e. The Morgan fingerprint density at radius 2 is 2.17 bits per heavy atom. The van der Waals surface area contributed by atoms with Gasteiger partial charge in [-0.15, -0.1) is 0 Å². The predicted octanol–water partition coefficient (Wildman–Crippen LogP) is 1.15. The van der Waals surface area contributed by atoms with E-state index in [1.54, 1.807) is 6.08 Å². The minimum atomic E-state index is 0.109. The van der Waals surface area contributed by atoms with Gasteiger partial charge >= 0.3 is 0 Å². The Kier molecular flexibility index (Phi) is 2.38. The van der Waals surface area contributed by atoms with Gasteiger partial charge in [-0.1, -0.05) is 6.08 Å². The lowest BCUT2D eigenvalue weighted by Crippen LogP contribution is -1.76. The quantitative estimate of drug-likeness (QED) is 0.435. The van der Waals surface area contributed by atoms with Crippen LogP contribution in [0.2, 0.25) is 0 Å². The molecule has 0 bridgehead atoms. The minimum absolute atomic E-state index is 0.109. The molecule has 0 radical (unpaired) electrons. The van der Waals surface area contributed by atoms with E-state index in [0.717, 1.165) is 0 Å². The van der Waals surface area contributed by atoms with Crippen LogP contribution in [0.3, 0.4) is 0 Å². The van der Waals surface area contributed by atoms with Gasteiger partial charge in [-0.25, -0.2) is 0 Å². The Morgan fingerprint density at radius 1 is 1.67 bits per heavy atom. The molecule has 0 aromatic carbocycles. The lowest BCUT2D eigenvalue weighted by atomic mass is 10.4. The van der Waals surface area contributed by atoms with E-state index in [1.807, 2.05) is 6.92 Å². The van der Waals surface area contributed by atoms with Gasteiger partial charge < -0.3 is 0 Å². The summed E-state index contributed by atoms with van der Waals surface area (Å²) in [6, 6.07) is 0. The average molecular weight is 84.1 g/mol. The van der Waals surface area contributed by atoms with Crippen LogP contribution in [0.5, 0.6) is 0 Å². The Balaban J connectivity index is 3.30. The van der Waals surface area contributed by atoms with Gasteiger partial charge in [0.15, 0.2) is 5.78 Å². The fourth-order valence-electron chi connectivity index (χ4n) is 0.235. The van der Waals surface area contributed by atoms with Crippen LogP contribution < -0.4 is 0 Å². The molecule has 1 heteroatoms. The number of carbonyl (C=O) groups excluding carboxylic acids is 1. The summed E-state index contributed by atoms with van der Waals surface area (Å²) in [6.07, 6.45) is 3.25. The van der Waals surface area contributed by atoms with Crippen molar-refractivity contribution in [3.63, 3.8) is 0 Å². The molecule has 34 valence electrons. The molecule has 0 saturated heterocycles. The van der Waals surface area contributed by atoms with Crippen LogP contribution in [-0.4, -0.2) is 5.78 Å². The van der Waals surface area contributed by atoms with Gasteiger partial charge in [-0.2, -0.15) is 0 Å². The zero-order chi connectivity index (χ0) is 4.99. The van der Waals surface area contributed by atoms with Crippen molar-refractivity contribution in [1.82, 2.24) is 0 Å². The Labute approximate surface area is 37.7 Å². The molecule has 0 saturated carbocycles. The maximum Gasteiger partial charge on any atom is 0.152 e. The van der Waals surface area contributed by atoms with Gasteiger partial charge in [-0.3, -0.25) is 4.79 Å². The normalized spacial score (nSPS) is 9.67. The highest BCUT2D eigenvalue weighted by Crippen LogP contribution is 1.69. The Bertz CT molecular complexity index is 72.0. The number of hydrogen-bond donors (Lipinski definition) is 0.